The van der Waals surface area contributed by atoms with Crippen LogP contribution < -0.4 is 14.8 Å². The van der Waals surface area contributed by atoms with Crippen molar-refractivity contribution in [2.45, 2.75) is 19.5 Å². The largest absolute Gasteiger partial charge is 0.454 e. The van der Waals surface area contributed by atoms with Gasteiger partial charge in [-0.2, -0.15) is 0 Å². The quantitative estimate of drug-likeness (QED) is 0.906. The molecule has 1 atom stereocenters. The summed E-state index contributed by atoms with van der Waals surface area (Å²) >= 11 is 3.48. The molecule has 1 N–H and O–H groups in total. The highest BCUT2D eigenvalue weighted by atomic mass is 79.9. The van der Waals surface area contributed by atoms with E-state index >= 15 is 0 Å². The van der Waals surface area contributed by atoms with E-state index < -0.39 is 0 Å². The minimum atomic E-state index is 0.297. The van der Waals surface area contributed by atoms with Crippen LogP contribution in [0.3, 0.4) is 0 Å². The third-order valence-electron chi connectivity index (χ3n) is 2.56. The molecule has 0 aromatic heterocycles. The summed E-state index contributed by atoms with van der Waals surface area (Å²) in [6.07, 6.45) is 0. The summed E-state index contributed by atoms with van der Waals surface area (Å²) in [5.74, 6) is 1.59. The molecule has 0 fully saturated rings. The minimum absolute atomic E-state index is 0.297. The molecule has 5 heteroatoms. The zero-order chi connectivity index (χ0) is 12.3. The third-order valence-corrected chi connectivity index (χ3v) is 3.15. The highest BCUT2D eigenvalue weighted by Gasteiger charge is 2.17. The molecule has 1 heterocycles. The van der Waals surface area contributed by atoms with Gasteiger partial charge in [-0.3, -0.25) is 0 Å². The molecule has 17 heavy (non-hydrogen) atoms. The van der Waals surface area contributed by atoms with Gasteiger partial charge in [0.05, 0.1) is 11.1 Å². The average Bonchev–Trinajstić information content (AvgIpc) is 2.75. The lowest BCUT2D eigenvalue weighted by molar-refractivity contribution is 0.171. The molecule has 0 saturated heterocycles. The smallest absolute Gasteiger partial charge is 0.231 e. The number of methoxy groups -OCH3 is 1. The van der Waals surface area contributed by atoms with Crippen LogP contribution in [0, 0.1) is 0 Å². The number of rotatable bonds is 5. The lowest BCUT2D eigenvalue weighted by Crippen LogP contribution is -2.29. The summed E-state index contributed by atoms with van der Waals surface area (Å²) in [5, 5.41) is 3.38. The van der Waals surface area contributed by atoms with Gasteiger partial charge in [0.1, 0.15) is 0 Å². The predicted molar refractivity (Wildman–Crippen MR) is 68.4 cm³/mol. The van der Waals surface area contributed by atoms with Gasteiger partial charge < -0.3 is 19.5 Å². The Morgan fingerprint density at radius 1 is 1.47 bits per heavy atom. The molecule has 2 rings (SSSR count). The van der Waals surface area contributed by atoms with Gasteiger partial charge in [-0.05, 0) is 40.5 Å². The molecule has 1 aliphatic heterocycles. The zero-order valence-corrected chi connectivity index (χ0v) is 11.5. The van der Waals surface area contributed by atoms with Crippen LogP contribution >= 0.6 is 15.9 Å². The van der Waals surface area contributed by atoms with Crippen LogP contribution in [-0.4, -0.2) is 26.6 Å². The van der Waals surface area contributed by atoms with E-state index in [1.807, 2.05) is 12.1 Å². The van der Waals surface area contributed by atoms with Crippen LogP contribution in [-0.2, 0) is 11.3 Å². The molecule has 0 spiro atoms. The fraction of sp³-hybridized carbons (Fsp3) is 0.500. The summed E-state index contributed by atoms with van der Waals surface area (Å²) in [4.78, 5) is 0. The number of halogens is 1. The molecule has 0 bridgehead atoms. The van der Waals surface area contributed by atoms with E-state index in [1.54, 1.807) is 7.11 Å². The Balaban J connectivity index is 2.00. The Morgan fingerprint density at radius 2 is 2.29 bits per heavy atom. The number of hydrogen-bond donors (Lipinski definition) is 1. The van der Waals surface area contributed by atoms with Crippen LogP contribution in [0.4, 0.5) is 0 Å². The van der Waals surface area contributed by atoms with E-state index in [9.17, 15) is 0 Å². The van der Waals surface area contributed by atoms with Gasteiger partial charge in [-0.25, -0.2) is 0 Å². The maximum Gasteiger partial charge on any atom is 0.231 e. The van der Waals surface area contributed by atoms with E-state index in [2.05, 4.69) is 28.2 Å². The summed E-state index contributed by atoms with van der Waals surface area (Å²) in [6.45, 7) is 3.86. The standard InChI is InChI=1S/C12H16BrNO3/c1-8(6-15-2)14-5-9-3-10(13)12-11(4-9)16-7-17-12/h3-4,8,14H,5-7H2,1-2H3. The lowest BCUT2D eigenvalue weighted by atomic mass is 10.2. The number of ether oxygens (including phenoxy) is 3. The highest BCUT2D eigenvalue weighted by Crippen LogP contribution is 2.39. The fourth-order valence-corrected chi connectivity index (χ4v) is 2.33. The summed E-state index contributed by atoms with van der Waals surface area (Å²) in [5.41, 5.74) is 1.16. The average molecular weight is 302 g/mol. The van der Waals surface area contributed by atoms with E-state index in [-0.39, 0.29) is 0 Å². The first-order valence-electron chi connectivity index (χ1n) is 5.51. The molecule has 1 unspecified atom stereocenters. The van der Waals surface area contributed by atoms with Crippen molar-refractivity contribution in [2.24, 2.45) is 0 Å². The fourth-order valence-electron chi connectivity index (χ4n) is 1.72. The first-order chi connectivity index (χ1) is 8.20. The first kappa shape index (κ1) is 12.7. The van der Waals surface area contributed by atoms with Gasteiger partial charge in [0, 0.05) is 19.7 Å². The topological polar surface area (TPSA) is 39.7 Å². The van der Waals surface area contributed by atoms with E-state index in [0.29, 0.717) is 19.4 Å². The van der Waals surface area contributed by atoms with Crippen LogP contribution in [0.15, 0.2) is 16.6 Å². The van der Waals surface area contributed by atoms with Crippen molar-refractivity contribution in [3.05, 3.63) is 22.2 Å². The number of nitrogens with one attached hydrogen (secondary N) is 1. The Bertz CT molecular complexity index is 398. The molecular formula is C12H16BrNO3. The monoisotopic (exact) mass is 301 g/mol. The Hall–Kier alpha value is -0.780. The van der Waals surface area contributed by atoms with Crippen molar-refractivity contribution < 1.29 is 14.2 Å². The SMILES string of the molecule is COCC(C)NCc1cc(Br)c2c(c1)OCO2. The molecule has 4 nitrogen and oxygen atoms in total. The minimum Gasteiger partial charge on any atom is -0.454 e. The van der Waals surface area contributed by atoms with Crippen molar-refractivity contribution in [1.29, 1.82) is 0 Å². The van der Waals surface area contributed by atoms with Crippen LogP contribution in [0.1, 0.15) is 12.5 Å². The van der Waals surface area contributed by atoms with Gasteiger partial charge in [0.2, 0.25) is 6.79 Å². The predicted octanol–water partition coefficient (Wildman–Crippen LogP) is 2.30. The van der Waals surface area contributed by atoms with Gasteiger partial charge >= 0.3 is 0 Å². The van der Waals surface area contributed by atoms with Crippen molar-refractivity contribution in [1.82, 2.24) is 5.32 Å². The van der Waals surface area contributed by atoms with Crippen molar-refractivity contribution in [3.8, 4) is 11.5 Å². The maximum atomic E-state index is 5.37. The molecule has 0 amide bonds. The van der Waals surface area contributed by atoms with Gasteiger partial charge in [0.25, 0.3) is 0 Å². The van der Waals surface area contributed by atoms with E-state index in [1.165, 1.54) is 0 Å². The lowest BCUT2D eigenvalue weighted by Gasteiger charge is -2.13. The number of hydrogen-bond acceptors (Lipinski definition) is 4. The van der Waals surface area contributed by atoms with Crippen molar-refractivity contribution in [2.75, 3.05) is 20.5 Å². The summed E-state index contributed by atoms with van der Waals surface area (Å²) in [7, 11) is 1.70. The van der Waals surface area contributed by atoms with Gasteiger partial charge in [-0.1, -0.05) is 0 Å². The highest BCUT2D eigenvalue weighted by molar-refractivity contribution is 9.10. The molecule has 1 aromatic carbocycles. The first-order valence-corrected chi connectivity index (χ1v) is 6.30. The second kappa shape index (κ2) is 5.71. The van der Waals surface area contributed by atoms with Crippen LogP contribution in [0.5, 0.6) is 11.5 Å². The molecule has 94 valence electrons. The normalized spacial score (nSPS) is 15.0. The maximum absolute atomic E-state index is 5.37. The molecule has 0 saturated carbocycles. The van der Waals surface area contributed by atoms with E-state index in [0.717, 1.165) is 28.1 Å². The Labute approximate surface area is 109 Å². The summed E-state index contributed by atoms with van der Waals surface area (Å²) < 4.78 is 16.7. The number of fused-ring (bicyclic) bond motifs is 1. The van der Waals surface area contributed by atoms with Crippen molar-refractivity contribution in [3.63, 3.8) is 0 Å². The second-order valence-corrected chi connectivity index (χ2v) is 4.90. The molecule has 1 aliphatic rings. The van der Waals surface area contributed by atoms with Crippen LogP contribution in [0.2, 0.25) is 0 Å². The number of benzene rings is 1. The van der Waals surface area contributed by atoms with Gasteiger partial charge in [-0.15, -0.1) is 0 Å². The molecule has 0 aliphatic carbocycles. The molecular weight excluding hydrogens is 286 g/mol. The third kappa shape index (κ3) is 3.12. The zero-order valence-electron chi connectivity index (χ0n) is 9.96. The molecule has 1 aromatic rings. The van der Waals surface area contributed by atoms with Crippen molar-refractivity contribution >= 4 is 15.9 Å². The molecule has 0 radical (unpaired) electrons. The Kier molecular flexibility index (Phi) is 4.25. The van der Waals surface area contributed by atoms with Gasteiger partial charge in [0.15, 0.2) is 11.5 Å². The second-order valence-electron chi connectivity index (χ2n) is 4.05. The van der Waals surface area contributed by atoms with E-state index in [4.69, 9.17) is 14.2 Å². The van der Waals surface area contributed by atoms with Crippen LogP contribution in [0.25, 0.3) is 0 Å². The summed E-state index contributed by atoms with van der Waals surface area (Å²) in [6, 6.07) is 4.36. The Morgan fingerprint density at radius 3 is 3.06 bits per heavy atom.